The third-order valence-electron chi connectivity index (χ3n) is 5.73. The van der Waals surface area contributed by atoms with E-state index in [0.29, 0.717) is 0 Å². The largest absolute Gasteiger partial charge is 1.00 e. The quantitative estimate of drug-likeness (QED) is 0.230. The van der Waals surface area contributed by atoms with Gasteiger partial charge in [-0.1, -0.05) is 72.8 Å². The Hall–Kier alpha value is -3.01. The number of anilines is 4. The maximum atomic E-state index is 3.87. The van der Waals surface area contributed by atoms with E-state index in [1.807, 2.05) is 0 Å². The van der Waals surface area contributed by atoms with E-state index < -0.39 is 7.87 Å². The summed E-state index contributed by atoms with van der Waals surface area (Å²) >= 11 is 0. The van der Waals surface area contributed by atoms with Crippen molar-refractivity contribution in [2.75, 3.05) is 20.3 Å². The highest BCUT2D eigenvalue weighted by molar-refractivity contribution is 7.81. The topological polar surface area (TPSA) is 48.1 Å². The van der Waals surface area contributed by atoms with Crippen LogP contribution in [0.2, 0.25) is 0 Å². The highest BCUT2D eigenvalue weighted by Crippen LogP contribution is 2.57. The second kappa shape index (κ2) is 11.4. The molecule has 4 N–H and O–H groups in total. The van der Waals surface area contributed by atoms with Gasteiger partial charge in [-0.05, 0) is 74.2 Å². The highest BCUT2D eigenvalue weighted by atomic mass is 79.9. The molecule has 34 heavy (non-hydrogen) atoms. The predicted molar refractivity (Wildman–Crippen MR) is 146 cm³/mol. The normalized spacial score (nSPS) is 10.7. The van der Waals surface area contributed by atoms with Crippen LogP contribution in [0.3, 0.4) is 0 Å². The lowest BCUT2D eigenvalue weighted by Crippen LogP contribution is -3.00. The lowest BCUT2D eigenvalue weighted by atomic mass is 10.2. The van der Waals surface area contributed by atoms with Crippen LogP contribution in [0.5, 0.6) is 0 Å². The van der Waals surface area contributed by atoms with Gasteiger partial charge in [0, 0.05) is 0 Å². The molecule has 0 aliphatic rings. The van der Waals surface area contributed by atoms with E-state index in [2.05, 4.69) is 145 Å². The second-order valence-corrected chi connectivity index (χ2v) is 10.6. The molecule has 4 rings (SSSR count). The van der Waals surface area contributed by atoms with Crippen molar-refractivity contribution < 1.29 is 17.0 Å². The maximum absolute atomic E-state index is 3.87. The molecule has 0 spiro atoms. The molecule has 0 atom stereocenters. The average Bonchev–Trinajstić information content (AvgIpc) is 2.80. The first-order chi connectivity index (χ1) is 16.0. The fraction of sp³-hybridized carbons (Fsp3) is 0.143. The van der Waals surface area contributed by atoms with Gasteiger partial charge in [-0.3, -0.25) is 0 Å². The van der Waals surface area contributed by atoms with Gasteiger partial charge in [-0.2, -0.15) is 0 Å². The Morgan fingerprint density at radius 3 is 0.794 bits per heavy atom. The van der Waals surface area contributed by atoms with Crippen LogP contribution in [-0.4, -0.2) is 0 Å². The second-order valence-electron chi connectivity index (χ2n) is 8.38. The molecule has 0 fully saturated rings. The van der Waals surface area contributed by atoms with Crippen LogP contribution in [0.4, 0.5) is 22.7 Å². The molecule has 0 aromatic heterocycles. The molecule has 0 bridgehead atoms. The third kappa shape index (κ3) is 6.11. The molecule has 4 aromatic rings. The molecule has 0 amide bonds. The zero-order valence-electron chi connectivity index (χ0n) is 20.1. The molecule has 0 aliphatic carbocycles. The summed E-state index contributed by atoms with van der Waals surface area (Å²) < 4.78 is 0. The molecule has 4 aromatic carbocycles. The van der Waals surface area contributed by atoms with Gasteiger partial charge in [0.15, 0.2) is 0 Å². The van der Waals surface area contributed by atoms with E-state index >= 15 is 0 Å². The van der Waals surface area contributed by atoms with Crippen molar-refractivity contribution in [2.24, 2.45) is 0 Å². The number of aryl methyl sites for hydroxylation is 4. The molecule has 0 saturated heterocycles. The first-order valence-electron chi connectivity index (χ1n) is 11.2. The summed E-state index contributed by atoms with van der Waals surface area (Å²) in [6.07, 6.45) is 0. The molecule has 176 valence electrons. The Balaban J connectivity index is 0.00000324. The van der Waals surface area contributed by atoms with Crippen LogP contribution < -0.4 is 37.3 Å². The van der Waals surface area contributed by atoms with Gasteiger partial charge in [-0.15, -0.1) is 0 Å². The van der Waals surface area contributed by atoms with Gasteiger partial charge in [-0.25, -0.2) is 20.3 Å². The van der Waals surface area contributed by atoms with Crippen molar-refractivity contribution in [3.05, 3.63) is 119 Å². The lowest BCUT2D eigenvalue weighted by Gasteiger charge is -2.31. The number of halogens is 1. The Kier molecular flexibility index (Phi) is 8.60. The van der Waals surface area contributed by atoms with Gasteiger partial charge in [0.05, 0.1) is 22.7 Å². The Bertz CT molecular complexity index is 1050. The fourth-order valence-corrected chi connectivity index (χ4v) is 6.47. The van der Waals surface area contributed by atoms with Crippen LogP contribution in [0.25, 0.3) is 0 Å². The Labute approximate surface area is 214 Å². The van der Waals surface area contributed by atoms with Crippen molar-refractivity contribution in [3.63, 3.8) is 0 Å². The highest BCUT2D eigenvalue weighted by Gasteiger charge is 2.42. The Morgan fingerprint density at radius 1 is 0.382 bits per heavy atom. The van der Waals surface area contributed by atoms with Gasteiger partial charge >= 0.3 is 7.87 Å². The van der Waals surface area contributed by atoms with Crippen molar-refractivity contribution in [1.82, 2.24) is 0 Å². The number of rotatable bonds is 8. The van der Waals surface area contributed by atoms with E-state index in [1.165, 1.54) is 22.3 Å². The summed E-state index contributed by atoms with van der Waals surface area (Å²) in [6.45, 7) is 8.53. The van der Waals surface area contributed by atoms with Gasteiger partial charge in [0.2, 0.25) is 0 Å². The van der Waals surface area contributed by atoms with Gasteiger partial charge in [0.25, 0.3) is 0 Å². The van der Waals surface area contributed by atoms with E-state index in [0.717, 1.165) is 22.7 Å². The summed E-state index contributed by atoms with van der Waals surface area (Å²) in [5, 5.41) is 15.5. The summed E-state index contributed by atoms with van der Waals surface area (Å²) in [4.78, 5) is 0. The number of hydrogen-bond acceptors (Lipinski definition) is 4. The van der Waals surface area contributed by atoms with Crippen LogP contribution in [0.15, 0.2) is 97.1 Å². The minimum absolute atomic E-state index is 0. The summed E-state index contributed by atoms with van der Waals surface area (Å²) in [7, 11) is -2.49. The molecule has 0 aliphatic heterocycles. The minimum atomic E-state index is -2.49. The third-order valence-corrected chi connectivity index (χ3v) is 8.04. The average molecular weight is 535 g/mol. The SMILES string of the molecule is Cc1ccccc1N[P+](Nc1ccccc1C)(Nc1ccccc1C)Nc1ccccc1C.[Br-]. The monoisotopic (exact) mass is 534 g/mol. The lowest BCUT2D eigenvalue weighted by molar-refractivity contribution is -0.00000682. The van der Waals surface area contributed by atoms with E-state index in [-0.39, 0.29) is 17.0 Å². The first-order valence-corrected chi connectivity index (χ1v) is 13.0. The van der Waals surface area contributed by atoms with Crippen LogP contribution >= 0.6 is 7.87 Å². The van der Waals surface area contributed by atoms with Crippen LogP contribution in [0, 0.1) is 27.7 Å². The van der Waals surface area contributed by atoms with E-state index in [1.54, 1.807) is 0 Å². The molecular formula is C28H32BrN4P. The van der Waals surface area contributed by atoms with Crippen LogP contribution in [-0.2, 0) is 0 Å². The summed E-state index contributed by atoms with van der Waals surface area (Å²) in [6, 6.07) is 33.6. The van der Waals surface area contributed by atoms with Crippen molar-refractivity contribution in [2.45, 2.75) is 27.7 Å². The minimum Gasteiger partial charge on any atom is -1.00 e. The molecule has 0 saturated carbocycles. The molecule has 0 unspecified atom stereocenters. The number of benzene rings is 4. The molecule has 4 nitrogen and oxygen atoms in total. The maximum Gasteiger partial charge on any atom is 0.395 e. The molecule has 6 heteroatoms. The molecular weight excluding hydrogens is 503 g/mol. The van der Waals surface area contributed by atoms with Crippen molar-refractivity contribution in [3.8, 4) is 0 Å². The fourth-order valence-electron chi connectivity index (χ4n) is 3.68. The standard InChI is InChI=1S/C28H32N4P.BrH/c1-21-13-5-9-17-25(21)29-33(30-26-18-10-6-14-22(26)2,31-27-19-11-7-15-23(27)3)32-28-20-12-8-16-24(28)4;/h5-20,29-32H,1-4H3;1H/q+1;/p-1. The predicted octanol–water partition coefficient (Wildman–Crippen LogP) is 5.35. The van der Waals surface area contributed by atoms with E-state index in [9.17, 15) is 0 Å². The first kappa shape index (κ1) is 25.6. The van der Waals surface area contributed by atoms with Crippen molar-refractivity contribution in [1.29, 1.82) is 0 Å². The van der Waals surface area contributed by atoms with Crippen molar-refractivity contribution >= 4 is 30.6 Å². The molecule has 0 heterocycles. The summed E-state index contributed by atoms with van der Waals surface area (Å²) in [5.74, 6) is 0. The zero-order valence-corrected chi connectivity index (χ0v) is 22.5. The smallest absolute Gasteiger partial charge is 0.395 e. The molecule has 0 radical (unpaired) electrons. The summed E-state index contributed by atoms with van der Waals surface area (Å²) in [5.41, 5.74) is 9.06. The Morgan fingerprint density at radius 2 is 0.588 bits per heavy atom. The zero-order chi connectivity index (χ0) is 23.3. The number of para-hydroxylation sites is 4. The van der Waals surface area contributed by atoms with Crippen LogP contribution in [0.1, 0.15) is 22.3 Å². The number of hydrogen-bond donors (Lipinski definition) is 4. The van der Waals surface area contributed by atoms with Gasteiger partial charge in [0.1, 0.15) is 0 Å². The van der Waals surface area contributed by atoms with E-state index in [4.69, 9.17) is 0 Å². The van der Waals surface area contributed by atoms with Gasteiger partial charge < -0.3 is 17.0 Å². The number of nitrogens with one attached hydrogen (secondary N) is 4.